The number of hydrogen-bond acceptors (Lipinski definition) is 5. The average molecular weight is 410 g/mol. The van der Waals surface area contributed by atoms with E-state index in [-0.39, 0.29) is 37.6 Å². The molecule has 0 aliphatic carbocycles. The van der Waals surface area contributed by atoms with Crippen LogP contribution in [0.2, 0.25) is 0 Å². The number of nitrogens with zero attached hydrogens (tertiary/aromatic N) is 2. The van der Waals surface area contributed by atoms with Gasteiger partial charge < -0.3 is 4.90 Å². The van der Waals surface area contributed by atoms with Gasteiger partial charge in [-0.25, -0.2) is 12.8 Å². The lowest BCUT2D eigenvalue weighted by molar-refractivity contribution is -0.132. The van der Waals surface area contributed by atoms with Gasteiger partial charge in [-0.3, -0.25) is 9.59 Å². The van der Waals surface area contributed by atoms with E-state index in [9.17, 15) is 22.4 Å². The molecule has 1 amide bonds. The van der Waals surface area contributed by atoms with Gasteiger partial charge in [0.2, 0.25) is 5.91 Å². The second kappa shape index (κ2) is 8.28. The van der Waals surface area contributed by atoms with E-state index in [1.807, 2.05) is 0 Å². The summed E-state index contributed by atoms with van der Waals surface area (Å²) in [5.74, 6) is -0.820. The molecule has 0 atom stereocenters. The van der Waals surface area contributed by atoms with E-state index in [0.29, 0.717) is 22.9 Å². The van der Waals surface area contributed by atoms with Crippen molar-refractivity contribution >= 4 is 33.1 Å². The third-order valence-electron chi connectivity index (χ3n) is 4.41. The first-order valence-corrected chi connectivity index (χ1v) is 10.8. The lowest BCUT2D eigenvalue weighted by Gasteiger charge is -2.33. The van der Waals surface area contributed by atoms with E-state index in [4.69, 9.17) is 0 Å². The third-order valence-corrected chi connectivity index (χ3v) is 7.68. The number of ketones is 1. The van der Waals surface area contributed by atoms with Gasteiger partial charge in [0.05, 0.1) is 0 Å². The molecule has 0 saturated carbocycles. The molecule has 0 N–H and O–H groups in total. The smallest absolute Gasteiger partial charge is 0.252 e. The predicted octanol–water partition coefficient (Wildman–Crippen LogP) is 2.38. The van der Waals surface area contributed by atoms with Crippen molar-refractivity contribution in [2.75, 3.05) is 26.2 Å². The van der Waals surface area contributed by atoms with E-state index >= 15 is 0 Å². The van der Waals surface area contributed by atoms with Crippen LogP contribution >= 0.6 is 11.3 Å². The standard InChI is InChI=1S/C18H19FN2O4S2/c19-15-5-3-14(4-6-15)16(22)7-8-17(23)20-9-11-21(12-10-20)27(24,25)18-2-1-13-26-18/h1-6,13H,7-12H2. The van der Waals surface area contributed by atoms with Gasteiger partial charge in [-0.15, -0.1) is 11.3 Å². The molecule has 1 aliphatic rings. The van der Waals surface area contributed by atoms with Gasteiger partial charge in [-0.05, 0) is 35.7 Å². The summed E-state index contributed by atoms with van der Waals surface area (Å²) in [7, 11) is -3.50. The first-order valence-electron chi connectivity index (χ1n) is 8.48. The fraction of sp³-hybridized carbons (Fsp3) is 0.333. The van der Waals surface area contributed by atoms with Gasteiger partial charge in [0, 0.05) is 44.6 Å². The highest BCUT2D eigenvalue weighted by atomic mass is 32.2. The summed E-state index contributed by atoms with van der Waals surface area (Å²) in [5, 5.41) is 1.71. The van der Waals surface area contributed by atoms with Crippen molar-refractivity contribution in [2.45, 2.75) is 17.1 Å². The second-order valence-corrected chi connectivity index (χ2v) is 9.26. The molecular weight excluding hydrogens is 391 g/mol. The summed E-state index contributed by atoms with van der Waals surface area (Å²) < 4.78 is 39.5. The number of hydrogen-bond donors (Lipinski definition) is 0. The summed E-state index contributed by atoms with van der Waals surface area (Å²) in [6, 6.07) is 8.48. The van der Waals surface area contributed by atoms with Crippen molar-refractivity contribution in [2.24, 2.45) is 0 Å². The maximum atomic E-state index is 12.9. The Morgan fingerprint density at radius 3 is 2.26 bits per heavy atom. The second-order valence-electron chi connectivity index (χ2n) is 6.15. The monoisotopic (exact) mass is 410 g/mol. The zero-order valence-electron chi connectivity index (χ0n) is 14.5. The van der Waals surface area contributed by atoms with Crippen LogP contribution in [0.5, 0.6) is 0 Å². The Balaban J connectivity index is 1.50. The summed E-state index contributed by atoms with van der Waals surface area (Å²) in [6.45, 7) is 1.07. The number of halogens is 1. The van der Waals surface area contributed by atoms with E-state index < -0.39 is 15.8 Å². The number of carbonyl (C=O) groups excluding carboxylic acids is 2. The molecule has 1 fully saturated rings. The fourth-order valence-corrected chi connectivity index (χ4v) is 5.44. The molecule has 9 heteroatoms. The molecule has 1 aromatic carbocycles. The van der Waals surface area contributed by atoms with Crippen LogP contribution in [0.1, 0.15) is 23.2 Å². The Hall–Kier alpha value is -2.10. The van der Waals surface area contributed by atoms with Gasteiger partial charge in [0.25, 0.3) is 10.0 Å². The Labute approximate surface area is 161 Å². The quantitative estimate of drug-likeness (QED) is 0.686. The molecule has 0 unspecified atom stereocenters. The maximum Gasteiger partial charge on any atom is 0.252 e. The molecule has 27 heavy (non-hydrogen) atoms. The predicted molar refractivity (Wildman–Crippen MR) is 99.6 cm³/mol. The molecule has 144 valence electrons. The summed E-state index contributed by atoms with van der Waals surface area (Å²) >= 11 is 1.17. The van der Waals surface area contributed by atoms with Crippen LogP contribution < -0.4 is 0 Å². The normalized spacial score (nSPS) is 15.7. The Bertz CT molecular complexity index is 903. The number of thiophene rings is 1. The highest BCUT2D eigenvalue weighted by Crippen LogP contribution is 2.22. The van der Waals surface area contributed by atoms with Crippen molar-refractivity contribution in [3.8, 4) is 0 Å². The number of piperazine rings is 1. The lowest BCUT2D eigenvalue weighted by Crippen LogP contribution is -2.50. The van der Waals surface area contributed by atoms with Crippen molar-refractivity contribution in [3.05, 3.63) is 53.2 Å². The lowest BCUT2D eigenvalue weighted by atomic mass is 10.1. The first kappa shape index (κ1) is 19.7. The molecule has 3 rings (SSSR count). The Kier molecular flexibility index (Phi) is 6.03. The van der Waals surface area contributed by atoms with Crippen LogP contribution in [0.25, 0.3) is 0 Å². The zero-order chi connectivity index (χ0) is 19.4. The molecule has 0 radical (unpaired) electrons. The molecule has 1 aromatic heterocycles. The van der Waals surface area contributed by atoms with Crippen molar-refractivity contribution in [1.82, 2.24) is 9.21 Å². The molecular formula is C18H19FN2O4S2. The highest BCUT2D eigenvalue weighted by Gasteiger charge is 2.30. The molecule has 2 heterocycles. The maximum absolute atomic E-state index is 12.9. The van der Waals surface area contributed by atoms with Crippen molar-refractivity contribution in [1.29, 1.82) is 0 Å². The van der Waals surface area contributed by atoms with E-state index in [2.05, 4.69) is 0 Å². The SMILES string of the molecule is O=C(CCC(=O)N1CCN(S(=O)(=O)c2cccs2)CC1)c1ccc(F)cc1. The van der Waals surface area contributed by atoms with Gasteiger partial charge >= 0.3 is 0 Å². The Morgan fingerprint density at radius 2 is 1.67 bits per heavy atom. The first-order chi connectivity index (χ1) is 12.9. The van der Waals surface area contributed by atoms with Crippen LogP contribution in [0, 0.1) is 5.82 Å². The van der Waals surface area contributed by atoms with Gasteiger partial charge in [0.1, 0.15) is 10.0 Å². The van der Waals surface area contributed by atoms with Crippen LogP contribution in [0.4, 0.5) is 4.39 Å². The van der Waals surface area contributed by atoms with Crippen LogP contribution in [0.3, 0.4) is 0 Å². The van der Waals surface area contributed by atoms with E-state index in [1.165, 1.54) is 39.9 Å². The molecule has 6 nitrogen and oxygen atoms in total. The van der Waals surface area contributed by atoms with Crippen molar-refractivity contribution in [3.63, 3.8) is 0 Å². The minimum Gasteiger partial charge on any atom is -0.340 e. The number of carbonyl (C=O) groups is 2. The number of amides is 1. The van der Waals surface area contributed by atoms with Crippen LogP contribution in [-0.4, -0.2) is 55.5 Å². The molecule has 1 aliphatic heterocycles. The molecule has 0 bridgehead atoms. The largest absolute Gasteiger partial charge is 0.340 e. The van der Waals surface area contributed by atoms with Gasteiger partial charge in [-0.1, -0.05) is 6.07 Å². The minimum atomic E-state index is -3.50. The van der Waals surface area contributed by atoms with Crippen LogP contribution in [0.15, 0.2) is 46.0 Å². The fourth-order valence-electron chi connectivity index (χ4n) is 2.87. The van der Waals surface area contributed by atoms with Gasteiger partial charge in [-0.2, -0.15) is 4.31 Å². The number of Topliss-reactive ketones (excluding diaryl/α,β-unsaturated/α-hetero) is 1. The number of benzene rings is 1. The highest BCUT2D eigenvalue weighted by molar-refractivity contribution is 7.91. The number of rotatable bonds is 6. The number of sulfonamides is 1. The average Bonchev–Trinajstić information content (AvgIpc) is 3.22. The summed E-state index contributed by atoms with van der Waals surface area (Å²) in [6.07, 6.45) is 0.0893. The molecule has 2 aromatic rings. The molecule has 1 saturated heterocycles. The topological polar surface area (TPSA) is 74.8 Å². The van der Waals surface area contributed by atoms with Crippen LogP contribution in [-0.2, 0) is 14.8 Å². The van der Waals surface area contributed by atoms with Gasteiger partial charge in [0.15, 0.2) is 5.78 Å². The van der Waals surface area contributed by atoms with E-state index in [1.54, 1.807) is 22.4 Å². The third kappa shape index (κ3) is 4.60. The van der Waals surface area contributed by atoms with E-state index in [0.717, 1.165) is 0 Å². The minimum absolute atomic E-state index is 0.0399. The summed E-state index contributed by atoms with van der Waals surface area (Å²) in [4.78, 5) is 26.0. The van der Waals surface area contributed by atoms with Crippen molar-refractivity contribution < 1.29 is 22.4 Å². The molecule has 0 spiro atoms. The zero-order valence-corrected chi connectivity index (χ0v) is 16.1. The Morgan fingerprint density at radius 1 is 1.00 bits per heavy atom. The summed E-state index contributed by atoms with van der Waals surface area (Å²) in [5.41, 5.74) is 0.371.